The molecule has 0 aliphatic heterocycles. The zero-order chi connectivity index (χ0) is 13.5. The minimum atomic E-state index is -0.986. The number of amides is 1. The predicted octanol–water partition coefficient (Wildman–Crippen LogP) is 2.20. The summed E-state index contributed by atoms with van der Waals surface area (Å²) in [5.74, 6) is -0.986. The summed E-state index contributed by atoms with van der Waals surface area (Å²) in [5.41, 5.74) is 1.69. The fraction of sp³-hybridized carbons (Fsp3) is 0.231. The lowest BCUT2D eigenvalue weighted by Crippen LogP contribution is -2.26. The maximum absolute atomic E-state index is 11.0. The van der Waals surface area contributed by atoms with Crippen LogP contribution < -0.4 is 5.32 Å². The van der Waals surface area contributed by atoms with Crippen LogP contribution in [0.15, 0.2) is 30.3 Å². The quantitative estimate of drug-likeness (QED) is 0.802. The molecule has 0 heterocycles. The highest BCUT2D eigenvalue weighted by atomic mass is 16.5. The van der Waals surface area contributed by atoms with Crippen LogP contribution in [0.1, 0.15) is 24.1 Å². The van der Waals surface area contributed by atoms with Gasteiger partial charge in [0.15, 0.2) is 0 Å². The molecule has 0 aromatic heterocycles. The molecule has 2 N–H and O–H groups in total. The van der Waals surface area contributed by atoms with E-state index in [1.165, 1.54) is 13.2 Å². The molecule has 1 aromatic carbocycles. The average Bonchev–Trinajstić information content (AvgIpc) is 2.36. The van der Waals surface area contributed by atoms with Crippen molar-refractivity contribution in [3.8, 4) is 0 Å². The summed E-state index contributed by atoms with van der Waals surface area (Å²) < 4.78 is 4.50. The van der Waals surface area contributed by atoms with Gasteiger partial charge in [-0.05, 0) is 24.1 Å². The van der Waals surface area contributed by atoms with Gasteiger partial charge in [-0.15, -0.1) is 0 Å². The van der Waals surface area contributed by atoms with Gasteiger partial charge in [0.1, 0.15) is 0 Å². The monoisotopic (exact) mass is 249 g/mol. The lowest BCUT2D eigenvalue weighted by atomic mass is 10.1. The van der Waals surface area contributed by atoms with Gasteiger partial charge < -0.3 is 15.2 Å². The topological polar surface area (TPSA) is 75.6 Å². The number of carboxylic acid groups (broad SMARTS) is 1. The first-order chi connectivity index (χ1) is 8.52. The molecular weight excluding hydrogens is 234 g/mol. The summed E-state index contributed by atoms with van der Waals surface area (Å²) >= 11 is 0. The van der Waals surface area contributed by atoms with Gasteiger partial charge in [0.25, 0.3) is 0 Å². The molecule has 0 saturated heterocycles. The van der Waals surface area contributed by atoms with Crippen molar-refractivity contribution in [1.29, 1.82) is 0 Å². The number of rotatable bonds is 4. The smallest absolute Gasteiger partial charge is 0.407 e. The van der Waals surface area contributed by atoms with Crippen molar-refractivity contribution >= 4 is 18.1 Å². The Labute approximate surface area is 105 Å². The number of ether oxygens (including phenoxy) is 1. The van der Waals surface area contributed by atoms with Crippen molar-refractivity contribution in [3.05, 3.63) is 41.5 Å². The fourth-order valence-corrected chi connectivity index (χ4v) is 1.38. The second kappa shape index (κ2) is 6.44. The number of aliphatic carboxylic acids is 1. The summed E-state index contributed by atoms with van der Waals surface area (Å²) in [4.78, 5) is 21.4. The Hall–Kier alpha value is -2.30. The third-order valence-corrected chi connectivity index (χ3v) is 2.37. The molecule has 0 spiro atoms. The molecule has 0 fully saturated rings. The molecule has 1 unspecified atom stereocenters. The molecule has 0 saturated carbocycles. The van der Waals surface area contributed by atoms with Crippen molar-refractivity contribution in [2.45, 2.75) is 13.0 Å². The Morgan fingerprint density at radius 2 is 1.94 bits per heavy atom. The predicted molar refractivity (Wildman–Crippen MR) is 67.1 cm³/mol. The maximum Gasteiger partial charge on any atom is 0.407 e. The van der Waals surface area contributed by atoms with Gasteiger partial charge >= 0.3 is 12.1 Å². The van der Waals surface area contributed by atoms with Crippen LogP contribution in [0.4, 0.5) is 4.79 Å². The summed E-state index contributed by atoms with van der Waals surface area (Å²) in [7, 11) is 1.31. The Morgan fingerprint density at radius 1 is 1.33 bits per heavy atom. The normalized spacial score (nSPS) is 12.1. The number of benzene rings is 1. The van der Waals surface area contributed by atoms with E-state index in [2.05, 4.69) is 10.1 Å². The summed E-state index contributed by atoms with van der Waals surface area (Å²) in [6.07, 6.45) is 2.09. The molecule has 1 amide bonds. The number of nitrogens with one attached hydrogen (secondary N) is 1. The number of carbonyl (C=O) groups excluding carboxylic acids is 1. The van der Waals surface area contributed by atoms with Crippen LogP contribution >= 0.6 is 0 Å². The standard InChI is InChI=1S/C13H15NO4/c1-9(14-13(17)18-2)11-6-3-10(4-7-11)5-8-12(15)16/h3-9H,1-2H3,(H,14,17)(H,15,16)/b8-5+. The first kappa shape index (κ1) is 13.8. The van der Waals surface area contributed by atoms with E-state index in [4.69, 9.17) is 5.11 Å². The molecular formula is C13H15NO4. The molecule has 1 aromatic rings. The Morgan fingerprint density at radius 3 is 2.44 bits per heavy atom. The van der Waals surface area contributed by atoms with Gasteiger partial charge in [-0.3, -0.25) is 0 Å². The summed E-state index contributed by atoms with van der Waals surface area (Å²) in [5, 5.41) is 11.1. The average molecular weight is 249 g/mol. The van der Waals surface area contributed by atoms with E-state index < -0.39 is 12.1 Å². The minimum absolute atomic E-state index is 0.171. The summed E-state index contributed by atoms with van der Waals surface area (Å²) in [6, 6.07) is 7.04. The van der Waals surface area contributed by atoms with Crippen molar-refractivity contribution < 1.29 is 19.4 Å². The molecule has 0 radical (unpaired) electrons. The highest BCUT2D eigenvalue weighted by Gasteiger charge is 2.08. The van der Waals surface area contributed by atoms with Crippen molar-refractivity contribution in [2.24, 2.45) is 0 Å². The maximum atomic E-state index is 11.0. The van der Waals surface area contributed by atoms with Crippen LogP contribution in [-0.4, -0.2) is 24.3 Å². The first-order valence-electron chi connectivity index (χ1n) is 5.38. The minimum Gasteiger partial charge on any atom is -0.478 e. The van der Waals surface area contributed by atoms with E-state index in [0.29, 0.717) is 0 Å². The van der Waals surface area contributed by atoms with Gasteiger partial charge in [-0.25, -0.2) is 9.59 Å². The van der Waals surface area contributed by atoms with Crippen LogP contribution in [-0.2, 0) is 9.53 Å². The molecule has 0 aliphatic carbocycles. The van der Waals surface area contributed by atoms with Crippen LogP contribution in [0.5, 0.6) is 0 Å². The van der Waals surface area contributed by atoms with Crippen LogP contribution in [0.25, 0.3) is 6.08 Å². The number of carboxylic acids is 1. The number of methoxy groups -OCH3 is 1. The zero-order valence-corrected chi connectivity index (χ0v) is 10.2. The highest BCUT2D eigenvalue weighted by molar-refractivity contribution is 5.85. The lowest BCUT2D eigenvalue weighted by Gasteiger charge is -2.13. The third kappa shape index (κ3) is 4.29. The molecule has 1 atom stereocenters. The molecule has 96 valence electrons. The van der Waals surface area contributed by atoms with Gasteiger partial charge in [0.2, 0.25) is 0 Å². The van der Waals surface area contributed by atoms with E-state index >= 15 is 0 Å². The fourth-order valence-electron chi connectivity index (χ4n) is 1.38. The van der Waals surface area contributed by atoms with Gasteiger partial charge in [0, 0.05) is 6.08 Å². The number of hydrogen-bond acceptors (Lipinski definition) is 3. The second-order valence-corrected chi connectivity index (χ2v) is 3.70. The van der Waals surface area contributed by atoms with Crippen LogP contribution in [0.2, 0.25) is 0 Å². The Kier molecular flexibility index (Phi) is 4.92. The molecule has 5 heteroatoms. The molecule has 18 heavy (non-hydrogen) atoms. The van der Waals surface area contributed by atoms with Crippen molar-refractivity contribution in [1.82, 2.24) is 5.32 Å². The number of hydrogen-bond donors (Lipinski definition) is 2. The lowest BCUT2D eigenvalue weighted by molar-refractivity contribution is -0.131. The van der Waals surface area contributed by atoms with E-state index in [1.54, 1.807) is 12.1 Å². The number of carbonyl (C=O) groups is 2. The van der Waals surface area contributed by atoms with Crippen molar-refractivity contribution in [3.63, 3.8) is 0 Å². The first-order valence-corrected chi connectivity index (χ1v) is 5.38. The van der Waals surface area contributed by atoms with Gasteiger partial charge in [0.05, 0.1) is 13.2 Å². The zero-order valence-electron chi connectivity index (χ0n) is 10.2. The van der Waals surface area contributed by atoms with Gasteiger partial charge in [-0.1, -0.05) is 24.3 Å². The Bertz CT molecular complexity index is 451. The van der Waals surface area contributed by atoms with Crippen LogP contribution in [0, 0.1) is 0 Å². The van der Waals surface area contributed by atoms with E-state index in [0.717, 1.165) is 17.2 Å². The molecule has 0 aliphatic rings. The van der Waals surface area contributed by atoms with E-state index in [1.807, 2.05) is 19.1 Å². The largest absolute Gasteiger partial charge is 0.478 e. The molecule has 5 nitrogen and oxygen atoms in total. The third-order valence-electron chi connectivity index (χ3n) is 2.37. The molecule has 1 rings (SSSR count). The summed E-state index contributed by atoms with van der Waals surface area (Å²) in [6.45, 7) is 1.83. The molecule has 0 bridgehead atoms. The second-order valence-electron chi connectivity index (χ2n) is 3.70. The highest BCUT2D eigenvalue weighted by Crippen LogP contribution is 2.14. The SMILES string of the molecule is COC(=O)NC(C)c1ccc(/C=C/C(=O)O)cc1. The van der Waals surface area contributed by atoms with Crippen molar-refractivity contribution in [2.75, 3.05) is 7.11 Å². The Balaban J connectivity index is 2.70. The van der Waals surface area contributed by atoms with Gasteiger partial charge in [-0.2, -0.15) is 0 Å². The van der Waals surface area contributed by atoms with Crippen LogP contribution in [0.3, 0.4) is 0 Å². The number of alkyl carbamates (subject to hydrolysis) is 1. The van der Waals surface area contributed by atoms with E-state index in [9.17, 15) is 9.59 Å². The van der Waals surface area contributed by atoms with E-state index in [-0.39, 0.29) is 6.04 Å².